The van der Waals surface area contributed by atoms with Gasteiger partial charge in [0.25, 0.3) is 0 Å². The number of phenols is 1. The molecular formula is C14H20BrNO3. The Balaban J connectivity index is 2.28. The number of halogens is 1. The summed E-state index contributed by atoms with van der Waals surface area (Å²) in [6.45, 7) is 2.09. The van der Waals surface area contributed by atoms with E-state index in [2.05, 4.69) is 21.2 Å². The van der Waals surface area contributed by atoms with Gasteiger partial charge in [-0.3, -0.25) is 0 Å². The molecule has 106 valence electrons. The van der Waals surface area contributed by atoms with E-state index >= 15 is 0 Å². The van der Waals surface area contributed by atoms with Crippen LogP contribution >= 0.6 is 15.9 Å². The Labute approximate surface area is 122 Å². The molecule has 1 heterocycles. The Kier molecular flexibility index (Phi) is 4.93. The van der Waals surface area contributed by atoms with Crippen LogP contribution in [0, 0.1) is 5.92 Å². The van der Waals surface area contributed by atoms with Gasteiger partial charge in [0, 0.05) is 10.0 Å². The summed E-state index contributed by atoms with van der Waals surface area (Å²) in [5, 5.41) is 13.7. The number of aromatic hydroxyl groups is 1. The fraction of sp³-hybridized carbons (Fsp3) is 0.571. The van der Waals surface area contributed by atoms with E-state index in [0.29, 0.717) is 17.4 Å². The number of nitrogens with one attached hydrogen (secondary N) is 1. The average Bonchev–Trinajstić information content (AvgIpc) is 2.44. The molecule has 1 atom stereocenters. The van der Waals surface area contributed by atoms with Crippen LogP contribution in [0.15, 0.2) is 10.5 Å². The molecule has 1 aromatic rings. The molecule has 1 aliphatic rings. The van der Waals surface area contributed by atoms with Crippen molar-refractivity contribution in [2.45, 2.75) is 19.3 Å². The van der Waals surface area contributed by atoms with Crippen molar-refractivity contribution < 1.29 is 14.6 Å². The average molecular weight is 330 g/mol. The zero-order chi connectivity index (χ0) is 13.8. The molecule has 1 saturated heterocycles. The summed E-state index contributed by atoms with van der Waals surface area (Å²) in [6, 6.07) is 1.85. The third kappa shape index (κ3) is 3.15. The lowest BCUT2D eigenvalue weighted by Crippen LogP contribution is -2.30. The molecule has 1 unspecified atom stereocenters. The van der Waals surface area contributed by atoms with Crippen LogP contribution in [-0.4, -0.2) is 32.4 Å². The molecule has 0 spiro atoms. The Morgan fingerprint density at radius 2 is 2.21 bits per heavy atom. The van der Waals surface area contributed by atoms with Crippen molar-refractivity contribution in [3.63, 3.8) is 0 Å². The lowest BCUT2D eigenvalue weighted by molar-refractivity contribution is 0.326. The molecule has 2 rings (SSSR count). The molecule has 1 aliphatic heterocycles. The predicted molar refractivity (Wildman–Crippen MR) is 78.2 cm³/mol. The third-order valence-electron chi connectivity index (χ3n) is 3.59. The van der Waals surface area contributed by atoms with Crippen molar-refractivity contribution in [3.05, 3.63) is 16.1 Å². The highest BCUT2D eigenvalue weighted by molar-refractivity contribution is 9.10. The number of piperidine rings is 1. The van der Waals surface area contributed by atoms with Crippen molar-refractivity contribution in [3.8, 4) is 17.2 Å². The molecule has 5 heteroatoms. The normalized spacial score (nSPS) is 19.2. The quantitative estimate of drug-likeness (QED) is 0.891. The zero-order valence-electron chi connectivity index (χ0n) is 11.3. The van der Waals surface area contributed by atoms with E-state index < -0.39 is 0 Å². The summed E-state index contributed by atoms with van der Waals surface area (Å²) in [4.78, 5) is 0. The minimum absolute atomic E-state index is 0.180. The van der Waals surface area contributed by atoms with Crippen LogP contribution in [-0.2, 0) is 6.42 Å². The van der Waals surface area contributed by atoms with E-state index in [4.69, 9.17) is 9.47 Å². The van der Waals surface area contributed by atoms with E-state index in [0.717, 1.165) is 29.5 Å². The fourth-order valence-electron chi connectivity index (χ4n) is 2.56. The molecule has 0 radical (unpaired) electrons. The number of hydrogen-bond donors (Lipinski definition) is 2. The van der Waals surface area contributed by atoms with Crippen LogP contribution in [0.1, 0.15) is 18.4 Å². The van der Waals surface area contributed by atoms with E-state index in [1.807, 2.05) is 6.07 Å². The number of ether oxygens (including phenoxy) is 2. The molecule has 1 fully saturated rings. The summed E-state index contributed by atoms with van der Waals surface area (Å²) in [5.74, 6) is 1.68. The van der Waals surface area contributed by atoms with Gasteiger partial charge in [0.05, 0.1) is 14.2 Å². The Hall–Kier alpha value is -0.940. The summed E-state index contributed by atoms with van der Waals surface area (Å²) in [6.07, 6.45) is 3.21. The smallest absolute Gasteiger partial charge is 0.203 e. The van der Waals surface area contributed by atoms with Crippen molar-refractivity contribution in [1.29, 1.82) is 0 Å². The summed E-state index contributed by atoms with van der Waals surface area (Å²) in [5.41, 5.74) is 0.895. The first-order valence-corrected chi connectivity index (χ1v) is 7.29. The maximum Gasteiger partial charge on any atom is 0.203 e. The second-order valence-corrected chi connectivity index (χ2v) is 5.69. The molecule has 0 aromatic heterocycles. The van der Waals surface area contributed by atoms with Crippen molar-refractivity contribution in [2.75, 3.05) is 27.3 Å². The van der Waals surface area contributed by atoms with Crippen LogP contribution in [0.25, 0.3) is 0 Å². The van der Waals surface area contributed by atoms with Crippen LogP contribution in [0.4, 0.5) is 0 Å². The minimum atomic E-state index is 0.180. The van der Waals surface area contributed by atoms with Gasteiger partial charge in [-0.2, -0.15) is 0 Å². The zero-order valence-corrected chi connectivity index (χ0v) is 12.9. The molecule has 4 nitrogen and oxygen atoms in total. The van der Waals surface area contributed by atoms with Gasteiger partial charge in [-0.25, -0.2) is 0 Å². The molecule has 0 aliphatic carbocycles. The highest BCUT2D eigenvalue weighted by Gasteiger charge is 2.22. The molecule has 0 amide bonds. The van der Waals surface area contributed by atoms with Crippen LogP contribution in [0.2, 0.25) is 0 Å². The van der Waals surface area contributed by atoms with Crippen LogP contribution in [0.5, 0.6) is 17.2 Å². The topological polar surface area (TPSA) is 50.7 Å². The summed E-state index contributed by atoms with van der Waals surface area (Å²) >= 11 is 3.51. The van der Waals surface area contributed by atoms with Gasteiger partial charge >= 0.3 is 0 Å². The van der Waals surface area contributed by atoms with Crippen LogP contribution in [0.3, 0.4) is 0 Å². The highest BCUT2D eigenvalue weighted by atomic mass is 79.9. The first-order chi connectivity index (χ1) is 9.17. The van der Waals surface area contributed by atoms with E-state index in [1.165, 1.54) is 20.0 Å². The van der Waals surface area contributed by atoms with Gasteiger partial charge in [0.15, 0.2) is 11.5 Å². The van der Waals surface area contributed by atoms with Gasteiger partial charge in [-0.15, -0.1) is 0 Å². The van der Waals surface area contributed by atoms with Gasteiger partial charge in [-0.1, -0.05) is 15.9 Å². The molecule has 2 N–H and O–H groups in total. The number of rotatable bonds is 4. The molecule has 1 aromatic carbocycles. The van der Waals surface area contributed by atoms with E-state index in [1.54, 1.807) is 7.11 Å². The monoisotopic (exact) mass is 329 g/mol. The molecule has 19 heavy (non-hydrogen) atoms. The number of hydrogen-bond acceptors (Lipinski definition) is 4. The predicted octanol–water partition coefficient (Wildman–Crippen LogP) is 2.71. The summed E-state index contributed by atoms with van der Waals surface area (Å²) in [7, 11) is 3.10. The van der Waals surface area contributed by atoms with Crippen molar-refractivity contribution in [1.82, 2.24) is 5.32 Å². The Bertz CT molecular complexity index is 445. The lowest BCUT2D eigenvalue weighted by Gasteiger charge is -2.24. The Morgan fingerprint density at radius 3 is 2.79 bits per heavy atom. The Morgan fingerprint density at radius 1 is 1.42 bits per heavy atom. The number of methoxy groups -OCH3 is 2. The lowest BCUT2D eigenvalue weighted by atomic mass is 9.92. The van der Waals surface area contributed by atoms with Gasteiger partial charge < -0.3 is 19.9 Å². The van der Waals surface area contributed by atoms with Crippen molar-refractivity contribution >= 4 is 15.9 Å². The third-order valence-corrected chi connectivity index (χ3v) is 4.29. The first-order valence-electron chi connectivity index (χ1n) is 6.50. The summed E-state index contributed by atoms with van der Waals surface area (Å²) < 4.78 is 11.3. The first kappa shape index (κ1) is 14.5. The van der Waals surface area contributed by atoms with Crippen LogP contribution < -0.4 is 14.8 Å². The largest absolute Gasteiger partial charge is 0.504 e. The van der Waals surface area contributed by atoms with Gasteiger partial charge in [-0.05, 0) is 44.3 Å². The maximum atomic E-state index is 10.4. The fourth-order valence-corrected chi connectivity index (χ4v) is 3.12. The SMILES string of the molecule is COc1cc(Br)c(CC2CCCNC2)c(O)c1OC. The van der Waals surface area contributed by atoms with Gasteiger partial charge in [0.1, 0.15) is 0 Å². The van der Waals surface area contributed by atoms with Crippen molar-refractivity contribution in [2.24, 2.45) is 5.92 Å². The molecule has 0 saturated carbocycles. The molecule has 0 bridgehead atoms. The highest BCUT2D eigenvalue weighted by Crippen LogP contribution is 2.44. The van der Waals surface area contributed by atoms with E-state index in [9.17, 15) is 5.11 Å². The second-order valence-electron chi connectivity index (χ2n) is 4.84. The van der Waals surface area contributed by atoms with E-state index in [-0.39, 0.29) is 5.75 Å². The number of phenolic OH excluding ortho intramolecular Hbond substituents is 1. The number of benzene rings is 1. The standard InChI is InChI=1S/C14H20BrNO3/c1-18-12-7-11(15)10(13(17)14(12)19-2)6-9-4-3-5-16-8-9/h7,9,16-17H,3-6,8H2,1-2H3. The molecular weight excluding hydrogens is 310 g/mol. The second kappa shape index (κ2) is 6.48. The maximum absolute atomic E-state index is 10.4. The van der Waals surface area contributed by atoms with Gasteiger partial charge in [0.2, 0.25) is 5.75 Å². The minimum Gasteiger partial charge on any atom is -0.504 e.